The van der Waals surface area contributed by atoms with Gasteiger partial charge >= 0.3 is 5.97 Å². The summed E-state index contributed by atoms with van der Waals surface area (Å²) in [7, 11) is 0. The Bertz CT molecular complexity index is 808. The molecule has 1 heterocycles. The second kappa shape index (κ2) is 6.01. The van der Waals surface area contributed by atoms with Gasteiger partial charge in [0.05, 0.1) is 11.1 Å². The number of aromatic carboxylic acids is 1. The van der Waals surface area contributed by atoms with Crippen molar-refractivity contribution in [3.63, 3.8) is 0 Å². The third kappa shape index (κ3) is 2.86. The van der Waals surface area contributed by atoms with Gasteiger partial charge in [-0.25, -0.2) is 4.79 Å². The fraction of sp³-hybridized carbons (Fsp3) is 0.312. The minimum Gasteiger partial charge on any atom is -0.478 e. The summed E-state index contributed by atoms with van der Waals surface area (Å²) in [4.78, 5) is 34.6. The molecule has 0 aliphatic heterocycles. The highest BCUT2D eigenvalue weighted by Gasteiger charge is 2.17. The highest BCUT2D eigenvalue weighted by molar-refractivity contribution is 5.95. The summed E-state index contributed by atoms with van der Waals surface area (Å²) in [6.45, 7) is 3.70. The average molecular weight is 302 g/mol. The fourth-order valence-corrected chi connectivity index (χ4v) is 2.51. The summed E-state index contributed by atoms with van der Waals surface area (Å²) in [5, 5.41) is 9.86. The fourth-order valence-electron chi connectivity index (χ4n) is 2.51. The van der Waals surface area contributed by atoms with E-state index in [-0.39, 0.29) is 23.6 Å². The number of amides is 1. The van der Waals surface area contributed by atoms with Crippen LogP contribution in [0.2, 0.25) is 0 Å². The number of hydrogen-bond donors (Lipinski definition) is 2. The van der Waals surface area contributed by atoms with E-state index in [1.807, 2.05) is 13.8 Å². The van der Waals surface area contributed by atoms with Gasteiger partial charge in [0.2, 0.25) is 5.91 Å². The van der Waals surface area contributed by atoms with Crippen LogP contribution in [0.1, 0.15) is 42.1 Å². The van der Waals surface area contributed by atoms with Crippen LogP contribution in [0.3, 0.4) is 0 Å². The van der Waals surface area contributed by atoms with Crippen molar-refractivity contribution in [2.45, 2.75) is 32.7 Å². The minimum atomic E-state index is -1.03. The zero-order valence-corrected chi connectivity index (χ0v) is 12.5. The maximum Gasteiger partial charge on any atom is 0.335 e. The quantitative estimate of drug-likeness (QED) is 0.877. The first-order valence-electron chi connectivity index (χ1n) is 7.04. The Balaban J connectivity index is 2.90. The topological polar surface area (TPSA) is 102 Å². The molecule has 6 heteroatoms. The summed E-state index contributed by atoms with van der Waals surface area (Å²) in [6, 6.07) is 5.96. The van der Waals surface area contributed by atoms with Gasteiger partial charge in [0, 0.05) is 6.07 Å². The molecule has 1 atom stereocenters. The molecule has 116 valence electrons. The van der Waals surface area contributed by atoms with E-state index in [2.05, 4.69) is 0 Å². The molecule has 1 amide bonds. The molecule has 0 saturated heterocycles. The monoisotopic (exact) mass is 302 g/mol. The molecule has 0 spiro atoms. The number of primary amides is 1. The number of carboxylic acids is 1. The number of aromatic nitrogens is 1. The zero-order valence-electron chi connectivity index (χ0n) is 12.5. The lowest BCUT2D eigenvalue weighted by molar-refractivity contribution is -0.118. The van der Waals surface area contributed by atoms with Crippen molar-refractivity contribution in [2.75, 3.05) is 0 Å². The predicted octanol–water partition coefficient (Wildman–Crippen LogP) is 1.70. The Morgan fingerprint density at radius 1 is 1.32 bits per heavy atom. The van der Waals surface area contributed by atoms with Crippen LogP contribution in [-0.4, -0.2) is 21.6 Å². The number of carbonyl (C=O) groups excluding carboxylic acids is 1. The average Bonchev–Trinajstić information content (AvgIpc) is 2.47. The molecule has 22 heavy (non-hydrogen) atoms. The summed E-state index contributed by atoms with van der Waals surface area (Å²) < 4.78 is 1.31. The van der Waals surface area contributed by atoms with Crippen LogP contribution in [0.5, 0.6) is 0 Å². The van der Waals surface area contributed by atoms with Crippen LogP contribution in [0.15, 0.2) is 29.1 Å². The Kier molecular flexibility index (Phi) is 4.30. The van der Waals surface area contributed by atoms with Crippen molar-refractivity contribution in [3.8, 4) is 0 Å². The molecule has 1 aromatic carbocycles. The Labute approximate surface area is 127 Å². The van der Waals surface area contributed by atoms with Crippen molar-refractivity contribution in [3.05, 3.63) is 45.7 Å². The van der Waals surface area contributed by atoms with Crippen LogP contribution < -0.4 is 11.3 Å². The summed E-state index contributed by atoms with van der Waals surface area (Å²) >= 11 is 0. The van der Waals surface area contributed by atoms with Crippen molar-refractivity contribution < 1.29 is 14.7 Å². The van der Waals surface area contributed by atoms with E-state index in [0.717, 1.165) is 12.0 Å². The van der Waals surface area contributed by atoms with Gasteiger partial charge in [0.1, 0.15) is 6.54 Å². The van der Waals surface area contributed by atoms with Crippen LogP contribution >= 0.6 is 0 Å². The molecule has 0 fully saturated rings. The molecule has 3 N–H and O–H groups in total. The van der Waals surface area contributed by atoms with E-state index < -0.39 is 11.9 Å². The summed E-state index contributed by atoms with van der Waals surface area (Å²) in [5.41, 5.74) is 6.36. The minimum absolute atomic E-state index is 0.0442. The molecule has 6 nitrogen and oxygen atoms in total. The third-order valence-corrected chi connectivity index (χ3v) is 3.81. The van der Waals surface area contributed by atoms with Crippen LogP contribution in [0.4, 0.5) is 0 Å². The zero-order chi connectivity index (χ0) is 16.4. The first-order chi connectivity index (χ1) is 10.3. The molecule has 0 aliphatic rings. The Morgan fingerprint density at radius 3 is 2.55 bits per heavy atom. The van der Waals surface area contributed by atoms with Gasteiger partial charge in [0.25, 0.3) is 5.56 Å². The summed E-state index contributed by atoms with van der Waals surface area (Å²) in [5.74, 6) is -1.60. The molecule has 0 saturated carbocycles. The maximum absolute atomic E-state index is 12.1. The molecule has 2 aromatic rings. The van der Waals surface area contributed by atoms with E-state index in [1.54, 1.807) is 12.1 Å². The van der Waals surface area contributed by atoms with E-state index in [0.29, 0.717) is 10.9 Å². The molecule has 0 bridgehead atoms. The molecule has 1 aromatic heterocycles. The Morgan fingerprint density at radius 2 is 2.00 bits per heavy atom. The van der Waals surface area contributed by atoms with Gasteiger partial charge in [-0.2, -0.15) is 0 Å². The first kappa shape index (κ1) is 15.8. The number of benzene rings is 1. The van der Waals surface area contributed by atoms with E-state index in [4.69, 9.17) is 5.73 Å². The molecule has 2 rings (SSSR count). The van der Waals surface area contributed by atoms with Gasteiger partial charge in [-0.3, -0.25) is 14.2 Å². The molecule has 0 aliphatic carbocycles. The highest BCUT2D eigenvalue weighted by Crippen LogP contribution is 2.28. The van der Waals surface area contributed by atoms with E-state index >= 15 is 0 Å². The van der Waals surface area contributed by atoms with Gasteiger partial charge in [-0.05, 0) is 41.5 Å². The van der Waals surface area contributed by atoms with Crippen molar-refractivity contribution in [1.29, 1.82) is 0 Å². The number of carbonyl (C=O) groups is 2. The number of fused-ring (bicyclic) bond motifs is 1. The lowest BCUT2D eigenvalue weighted by atomic mass is 9.93. The smallest absolute Gasteiger partial charge is 0.335 e. The lowest BCUT2D eigenvalue weighted by Gasteiger charge is -2.17. The predicted molar refractivity (Wildman–Crippen MR) is 83.1 cm³/mol. The standard InChI is InChI=1S/C16H18N2O4/c1-3-9(2)12-7-11(16(21)22)6-10-4-5-14(20)18(15(10)12)8-13(17)19/h4-7,9H,3,8H2,1-2H3,(H2,17,19)(H,21,22). The third-order valence-electron chi connectivity index (χ3n) is 3.81. The number of hydrogen-bond acceptors (Lipinski definition) is 3. The van der Waals surface area contributed by atoms with Crippen molar-refractivity contribution >= 4 is 22.8 Å². The number of pyridine rings is 1. The number of nitrogens with zero attached hydrogens (tertiary/aromatic N) is 1. The van der Waals surface area contributed by atoms with E-state index in [9.17, 15) is 19.5 Å². The maximum atomic E-state index is 12.1. The first-order valence-corrected chi connectivity index (χ1v) is 7.04. The molecule has 1 unspecified atom stereocenters. The number of nitrogens with two attached hydrogens (primary N) is 1. The second-order valence-electron chi connectivity index (χ2n) is 5.34. The molecular weight excluding hydrogens is 284 g/mol. The van der Waals surface area contributed by atoms with Crippen LogP contribution in [-0.2, 0) is 11.3 Å². The SMILES string of the molecule is CCC(C)c1cc(C(=O)O)cc2ccc(=O)n(CC(N)=O)c12. The van der Waals surface area contributed by atoms with Gasteiger partial charge in [0.15, 0.2) is 0 Å². The lowest BCUT2D eigenvalue weighted by Crippen LogP contribution is -2.28. The largest absolute Gasteiger partial charge is 0.478 e. The highest BCUT2D eigenvalue weighted by atomic mass is 16.4. The van der Waals surface area contributed by atoms with Crippen LogP contribution in [0, 0.1) is 0 Å². The van der Waals surface area contributed by atoms with Gasteiger partial charge in [-0.1, -0.05) is 13.8 Å². The molecular formula is C16H18N2O4. The second-order valence-corrected chi connectivity index (χ2v) is 5.34. The van der Waals surface area contributed by atoms with Crippen LogP contribution in [0.25, 0.3) is 10.9 Å². The normalized spacial score (nSPS) is 12.3. The van der Waals surface area contributed by atoms with Crippen molar-refractivity contribution in [1.82, 2.24) is 4.57 Å². The summed E-state index contributed by atoms with van der Waals surface area (Å²) in [6.07, 6.45) is 0.776. The van der Waals surface area contributed by atoms with E-state index in [1.165, 1.54) is 16.7 Å². The number of carboxylic acid groups (broad SMARTS) is 1. The van der Waals surface area contributed by atoms with Crippen molar-refractivity contribution in [2.24, 2.45) is 5.73 Å². The Hall–Kier alpha value is -2.63. The van der Waals surface area contributed by atoms with Gasteiger partial charge in [-0.15, -0.1) is 0 Å². The number of rotatable bonds is 5. The van der Waals surface area contributed by atoms with Gasteiger partial charge < -0.3 is 10.8 Å². The molecule has 0 radical (unpaired) electrons.